The first kappa shape index (κ1) is 19.7. The Balaban J connectivity index is 1.50. The summed E-state index contributed by atoms with van der Waals surface area (Å²) in [6, 6.07) is 10.3. The highest BCUT2D eigenvalue weighted by atomic mass is 19.3. The van der Waals surface area contributed by atoms with Crippen LogP contribution in [0.5, 0.6) is 0 Å². The number of aromatic nitrogens is 2. The third kappa shape index (κ3) is 4.23. The third-order valence-corrected chi connectivity index (χ3v) is 6.02. The van der Waals surface area contributed by atoms with Gasteiger partial charge >= 0.3 is 0 Å². The van der Waals surface area contributed by atoms with Crippen LogP contribution in [0.25, 0.3) is 0 Å². The summed E-state index contributed by atoms with van der Waals surface area (Å²) in [5.41, 5.74) is 4.21. The van der Waals surface area contributed by atoms with E-state index in [4.69, 9.17) is 0 Å². The number of piperazine rings is 1. The van der Waals surface area contributed by atoms with Crippen molar-refractivity contribution in [3.8, 4) is 6.07 Å². The van der Waals surface area contributed by atoms with E-state index in [1.807, 2.05) is 31.2 Å². The third-order valence-electron chi connectivity index (χ3n) is 6.02. The maximum absolute atomic E-state index is 13.4. The number of aryl methyl sites for hydroxylation is 1. The van der Waals surface area contributed by atoms with Crippen molar-refractivity contribution in [1.29, 1.82) is 5.26 Å². The Morgan fingerprint density at radius 2 is 2.10 bits per heavy atom. The van der Waals surface area contributed by atoms with Crippen molar-refractivity contribution >= 4 is 5.69 Å². The Morgan fingerprint density at radius 3 is 2.72 bits per heavy atom. The summed E-state index contributed by atoms with van der Waals surface area (Å²) in [4.78, 5) is 4.58. The number of rotatable bonds is 5. The van der Waals surface area contributed by atoms with Gasteiger partial charge in [0.2, 0.25) is 0 Å². The van der Waals surface area contributed by atoms with Crippen molar-refractivity contribution in [3.05, 3.63) is 52.8 Å². The van der Waals surface area contributed by atoms with Gasteiger partial charge in [-0.2, -0.15) is 15.5 Å². The smallest absolute Gasteiger partial charge is 0.251 e. The van der Waals surface area contributed by atoms with Crippen LogP contribution < -0.4 is 4.90 Å². The number of nitriles is 1. The highest BCUT2D eigenvalue weighted by Gasteiger charge is 2.56. The number of alkyl halides is 2. The minimum atomic E-state index is -2.53. The maximum atomic E-state index is 13.4. The molecule has 4 rings (SSSR count). The molecule has 0 amide bonds. The summed E-state index contributed by atoms with van der Waals surface area (Å²) in [6.45, 7) is 7.19. The SMILES string of the molecule is Cc1cc(CC2CC2(F)F)cc(N2CCN(Cc3cccnn3)[C@@H](C)C2)c1C#N. The highest BCUT2D eigenvalue weighted by Crippen LogP contribution is 2.50. The fourth-order valence-electron chi connectivity index (χ4n) is 4.20. The summed E-state index contributed by atoms with van der Waals surface area (Å²) < 4.78 is 26.8. The molecule has 7 heteroatoms. The normalized spacial score (nSPS) is 23.6. The van der Waals surface area contributed by atoms with Gasteiger partial charge in [0.05, 0.1) is 16.9 Å². The lowest BCUT2D eigenvalue weighted by Gasteiger charge is -2.41. The molecule has 1 unspecified atom stereocenters. The van der Waals surface area contributed by atoms with E-state index in [9.17, 15) is 14.0 Å². The molecule has 0 bridgehead atoms. The van der Waals surface area contributed by atoms with E-state index in [1.165, 1.54) is 0 Å². The number of anilines is 1. The fraction of sp³-hybridized carbons (Fsp3) is 0.500. The van der Waals surface area contributed by atoms with Crippen LogP contribution in [-0.4, -0.2) is 46.7 Å². The van der Waals surface area contributed by atoms with E-state index in [1.54, 1.807) is 6.20 Å². The van der Waals surface area contributed by atoms with Crippen molar-refractivity contribution in [2.45, 2.75) is 45.2 Å². The number of hydrogen-bond donors (Lipinski definition) is 0. The minimum Gasteiger partial charge on any atom is -0.368 e. The molecule has 0 N–H and O–H groups in total. The highest BCUT2D eigenvalue weighted by molar-refractivity contribution is 5.64. The first-order valence-corrected chi connectivity index (χ1v) is 10.0. The molecule has 152 valence electrons. The van der Waals surface area contributed by atoms with Crippen LogP contribution in [0, 0.1) is 24.2 Å². The Labute approximate surface area is 170 Å². The predicted molar refractivity (Wildman–Crippen MR) is 107 cm³/mol. The topological polar surface area (TPSA) is 56.1 Å². The van der Waals surface area contributed by atoms with Crippen LogP contribution in [0.1, 0.15) is 35.7 Å². The van der Waals surface area contributed by atoms with Gasteiger partial charge in [0, 0.05) is 50.8 Å². The van der Waals surface area contributed by atoms with Gasteiger partial charge in [0.1, 0.15) is 6.07 Å². The summed E-state index contributed by atoms with van der Waals surface area (Å²) in [6.07, 6.45) is 2.01. The van der Waals surface area contributed by atoms with Crippen LogP contribution in [0.15, 0.2) is 30.5 Å². The largest absolute Gasteiger partial charge is 0.368 e. The zero-order chi connectivity index (χ0) is 20.6. The first-order valence-electron chi connectivity index (χ1n) is 10.0. The average Bonchev–Trinajstić information content (AvgIpc) is 3.29. The quantitative estimate of drug-likeness (QED) is 0.772. The molecular weight excluding hydrogens is 372 g/mol. The number of hydrogen-bond acceptors (Lipinski definition) is 5. The molecule has 2 aromatic rings. The lowest BCUT2D eigenvalue weighted by atomic mass is 9.98. The fourth-order valence-corrected chi connectivity index (χ4v) is 4.20. The van der Waals surface area contributed by atoms with Gasteiger partial charge in [0.25, 0.3) is 5.92 Å². The molecule has 1 saturated heterocycles. The number of halogens is 2. The molecule has 1 aliphatic carbocycles. The monoisotopic (exact) mass is 397 g/mol. The van der Waals surface area contributed by atoms with Crippen molar-refractivity contribution in [3.63, 3.8) is 0 Å². The van der Waals surface area contributed by atoms with Gasteiger partial charge in [-0.05, 0) is 49.6 Å². The van der Waals surface area contributed by atoms with Crippen LogP contribution in [0.2, 0.25) is 0 Å². The molecule has 1 saturated carbocycles. The van der Waals surface area contributed by atoms with Crippen LogP contribution in [0.4, 0.5) is 14.5 Å². The van der Waals surface area contributed by atoms with Gasteiger partial charge in [-0.25, -0.2) is 8.78 Å². The Morgan fingerprint density at radius 1 is 1.31 bits per heavy atom. The predicted octanol–water partition coefficient (Wildman–Crippen LogP) is 3.57. The van der Waals surface area contributed by atoms with Gasteiger partial charge in [-0.15, -0.1) is 0 Å². The molecule has 2 fully saturated rings. The van der Waals surface area contributed by atoms with E-state index in [0.29, 0.717) is 12.0 Å². The molecule has 29 heavy (non-hydrogen) atoms. The molecule has 1 aromatic heterocycles. The number of nitrogens with zero attached hydrogens (tertiary/aromatic N) is 5. The standard InChI is InChI=1S/C22H25F2N5/c1-15-8-17(9-18-11-22(18,23)24)10-21(20(15)12-25)29-7-6-28(16(2)13-29)14-19-4-3-5-26-27-19/h3-5,8,10,16,18H,6-7,9,11,13-14H2,1-2H3/t16-,18?/m0/s1. The molecule has 5 nitrogen and oxygen atoms in total. The van der Waals surface area contributed by atoms with Gasteiger partial charge in [0.15, 0.2) is 0 Å². The average molecular weight is 397 g/mol. The second kappa shape index (κ2) is 7.68. The number of benzene rings is 1. The summed E-state index contributed by atoms with van der Waals surface area (Å²) in [5, 5.41) is 17.8. The van der Waals surface area contributed by atoms with Crippen LogP contribution in [0.3, 0.4) is 0 Å². The van der Waals surface area contributed by atoms with Gasteiger partial charge < -0.3 is 4.90 Å². The van der Waals surface area contributed by atoms with Crippen molar-refractivity contribution < 1.29 is 8.78 Å². The van der Waals surface area contributed by atoms with Crippen molar-refractivity contribution in [2.75, 3.05) is 24.5 Å². The molecule has 0 radical (unpaired) electrons. The zero-order valence-corrected chi connectivity index (χ0v) is 16.8. The summed E-state index contributed by atoms with van der Waals surface area (Å²) >= 11 is 0. The molecular formula is C22H25F2N5. The Hall–Kier alpha value is -2.59. The minimum absolute atomic E-state index is 0.0283. The molecule has 1 aromatic carbocycles. The van der Waals surface area contributed by atoms with Crippen molar-refractivity contribution in [1.82, 2.24) is 15.1 Å². The lowest BCUT2D eigenvalue weighted by Crippen LogP contribution is -2.51. The van der Waals surface area contributed by atoms with E-state index in [-0.39, 0.29) is 12.5 Å². The van der Waals surface area contributed by atoms with E-state index >= 15 is 0 Å². The zero-order valence-electron chi connectivity index (χ0n) is 16.8. The van der Waals surface area contributed by atoms with Gasteiger partial charge in [-0.3, -0.25) is 4.90 Å². The molecule has 2 heterocycles. The van der Waals surface area contributed by atoms with Gasteiger partial charge in [-0.1, -0.05) is 6.07 Å². The van der Waals surface area contributed by atoms with Crippen molar-refractivity contribution in [2.24, 2.45) is 5.92 Å². The molecule has 1 aliphatic heterocycles. The maximum Gasteiger partial charge on any atom is 0.251 e. The lowest BCUT2D eigenvalue weighted by molar-refractivity contribution is 0.0989. The molecule has 2 aliphatic rings. The van der Waals surface area contributed by atoms with E-state index in [0.717, 1.165) is 48.7 Å². The Bertz CT molecular complexity index is 925. The molecule has 2 atom stereocenters. The summed E-state index contributed by atoms with van der Waals surface area (Å²) in [5.74, 6) is -3.09. The van der Waals surface area contributed by atoms with E-state index in [2.05, 4.69) is 33.0 Å². The Kier molecular flexibility index (Phi) is 5.22. The molecule has 0 spiro atoms. The second-order valence-corrected chi connectivity index (χ2v) is 8.27. The van der Waals surface area contributed by atoms with Crippen LogP contribution >= 0.6 is 0 Å². The first-order chi connectivity index (χ1) is 13.9. The van der Waals surface area contributed by atoms with Crippen LogP contribution in [-0.2, 0) is 13.0 Å². The second-order valence-electron chi connectivity index (χ2n) is 8.27. The van der Waals surface area contributed by atoms with E-state index < -0.39 is 11.8 Å². The summed E-state index contributed by atoms with van der Waals surface area (Å²) in [7, 11) is 0.